The van der Waals surface area contributed by atoms with Crippen LogP contribution in [0.2, 0.25) is 0 Å². The molecule has 0 spiro atoms. The van der Waals surface area contributed by atoms with Crippen molar-refractivity contribution >= 4 is 17.9 Å². The first-order valence-corrected chi connectivity index (χ1v) is 31.5. The average molecular weight is 976 g/mol. The van der Waals surface area contributed by atoms with Gasteiger partial charge in [0.05, 0.1) is 0 Å². The molecule has 6 nitrogen and oxygen atoms in total. The van der Waals surface area contributed by atoms with Crippen molar-refractivity contribution in [2.45, 2.75) is 374 Å². The van der Waals surface area contributed by atoms with Crippen LogP contribution < -0.4 is 0 Å². The molecular weight excluding hydrogens is 853 g/mol. The van der Waals surface area contributed by atoms with Crippen LogP contribution >= 0.6 is 0 Å². The lowest BCUT2D eigenvalue weighted by Crippen LogP contribution is -2.30. The highest BCUT2D eigenvalue weighted by Crippen LogP contribution is 2.19. The summed E-state index contributed by atoms with van der Waals surface area (Å²) in [7, 11) is 0. The Balaban J connectivity index is 3.77. The van der Waals surface area contributed by atoms with Crippen molar-refractivity contribution in [3.63, 3.8) is 0 Å². The maximum atomic E-state index is 12.7. The quantitative estimate of drug-likeness (QED) is 0.0343. The van der Waals surface area contributed by atoms with Gasteiger partial charge in [0, 0.05) is 19.3 Å². The Morgan fingerprint density at radius 1 is 0.232 bits per heavy atom. The molecule has 69 heavy (non-hydrogen) atoms. The van der Waals surface area contributed by atoms with Crippen molar-refractivity contribution in [1.29, 1.82) is 0 Å². The zero-order valence-corrected chi connectivity index (χ0v) is 47.1. The van der Waals surface area contributed by atoms with E-state index in [9.17, 15) is 14.4 Å². The Kier molecular flexibility index (Phi) is 57.6. The molecule has 0 aromatic heterocycles. The Morgan fingerprint density at radius 2 is 0.391 bits per heavy atom. The van der Waals surface area contributed by atoms with Crippen molar-refractivity contribution in [3.8, 4) is 0 Å². The maximum Gasteiger partial charge on any atom is 0.306 e. The van der Waals surface area contributed by atoms with Crippen molar-refractivity contribution in [2.75, 3.05) is 13.2 Å². The number of rotatable bonds is 59. The summed E-state index contributed by atoms with van der Waals surface area (Å²) in [6.07, 6.45) is 67.7. The van der Waals surface area contributed by atoms with E-state index >= 15 is 0 Å². The minimum atomic E-state index is -0.758. The van der Waals surface area contributed by atoms with Crippen molar-refractivity contribution in [3.05, 3.63) is 0 Å². The lowest BCUT2D eigenvalue weighted by Gasteiger charge is -2.18. The summed E-state index contributed by atoms with van der Waals surface area (Å²) in [6.45, 7) is 6.61. The summed E-state index contributed by atoms with van der Waals surface area (Å²) >= 11 is 0. The van der Waals surface area contributed by atoms with Crippen LogP contribution in [0.4, 0.5) is 0 Å². The number of ether oxygens (including phenoxy) is 3. The molecular formula is C63H122O6. The third-order valence-electron chi connectivity index (χ3n) is 14.6. The maximum absolute atomic E-state index is 12.7. The van der Waals surface area contributed by atoms with Crippen LogP contribution in [-0.2, 0) is 28.6 Å². The van der Waals surface area contributed by atoms with Crippen LogP contribution in [0.3, 0.4) is 0 Å². The van der Waals surface area contributed by atoms with Gasteiger partial charge in [0.2, 0.25) is 0 Å². The van der Waals surface area contributed by atoms with Crippen LogP contribution in [-0.4, -0.2) is 37.2 Å². The van der Waals surface area contributed by atoms with Crippen LogP contribution in [0.5, 0.6) is 0 Å². The molecule has 0 amide bonds. The predicted molar refractivity (Wildman–Crippen MR) is 298 cm³/mol. The minimum absolute atomic E-state index is 0.0630. The molecule has 0 bridgehead atoms. The number of carbonyl (C=O) groups is 3. The molecule has 1 unspecified atom stereocenters. The lowest BCUT2D eigenvalue weighted by atomic mass is 10.0. The fraction of sp³-hybridized carbons (Fsp3) is 0.952. The van der Waals surface area contributed by atoms with Gasteiger partial charge >= 0.3 is 17.9 Å². The predicted octanol–water partition coefficient (Wildman–Crippen LogP) is 21.1. The van der Waals surface area contributed by atoms with E-state index in [1.54, 1.807) is 0 Å². The monoisotopic (exact) mass is 975 g/mol. The van der Waals surface area contributed by atoms with Crippen LogP contribution in [0.25, 0.3) is 0 Å². The number of hydrogen-bond acceptors (Lipinski definition) is 6. The van der Waals surface area contributed by atoms with E-state index < -0.39 is 6.10 Å². The Labute approximate surface area is 431 Å². The summed E-state index contributed by atoms with van der Waals surface area (Å²) in [6, 6.07) is 0. The SMILES string of the molecule is CCCCCCCCCCCCCCCCCCCCCCCCCCCCCCCCCCCCC(=O)OCC(COC(=O)CCCCCCC)OC(=O)CCCCCCCCCCCCCC. The molecule has 0 radical (unpaired) electrons. The smallest absolute Gasteiger partial charge is 0.306 e. The molecule has 0 fully saturated rings. The average Bonchev–Trinajstić information content (AvgIpc) is 3.35. The highest BCUT2D eigenvalue weighted by atomic mass is 16.6. The Bertz CT molecular complexity index is 1030. The van der Waals surface area contributed by atoms with E-state index in [0.29, 0.717) is 19.3 Å². The van der Waals surface area contributed by atoms with Gasteiger partial charge in [-0.15, -0.1) is 0 Å². The van der Waals surface area contributed by atoms with Crippen molar-refractivity contribution < 1.29 is 28.6 Å². The first-order chi connectivity index (χ1) is 34.0. The summed E-state index contributed by atoms with van der Waals surface area (Å²) in [5, 5.41) is 0. The summed E-state index contributed by atoms with van der Waals surface area (Å²) in [5.41, 5.74) is 0. The molecule has 0 aromatic rings. The largest absolute Gasteiger partial charge is 0.462 e. The third kappa shape index (κ3) is 57.2. The van der Waals surface area contributed by atoms with Gasteiger partial charge in [-0.05, 0) is 19.3 Å². The van der Waals surface area contributed by atoms with E-state index in [-0.39, 0.29) is 31.1 Å². The number of unbranched alkanes of at least 4 members (excludes halogenated alkanes) is 48. The van der Waals surface area contributed by atoms with Crippen LogP contribution in [0.1, 0.15) is 367 Å². The molecule has 1 atom stereocenters. The first kappa shape index (κ1) is 67.4. The van der Waals surface area contributed by atoms with E-state index in [1.807, 2.05) is 0 Å². The third-order valence-corrected chi connectivity index (χ3v) is 14.6. The van der Waals surface area contributed by atoms with Gasteiger partial charge in [-0.25, -0.2) is 0 Å². The summed E-state index contributed by atoms with van der Waals surface area (Å²) in [5.74, 6) is -0.855. The molecule has 0 aliphatic rings. The fourth-order valence-corrected chi connectivity index (χ4v) is 9.86. The van der Waals surface area contributed by atoms with Crippen LogP contribution in [0.15, 0.2) is 0 Å². The molecule has 0 saturated heterocycles. The standard InChI is InChI=1S/C63H122O6/c1-4-7-10-13-15-17-19-21-22-23-24-25-26-27-28-29-30-31-32-33-34-35-36-37-38-39-40-41-42-44-45-47-50-53-56-62(65)68-59-60(58-67-61(64)55-52-49-12-9-6-3)69-63(66)57-54-51-48-46-43-20-18-16-14-11-8-5-2/h60H,4-59H2,1-3H3. The molecule has 0 N–H and O–H groups in total. The summed E-state index contributed by atoms with van der Waals surface area (Å²) in [4.78, 5) is 37.7. The number of esters is 3. The normalized spacial score (nSPS) is 11.9. The molecule has 0 aliphatic carbocycles. The highest BCUT2D eigenvalue weighted by Gasteiger charge is 2.19. The van der Waals surface area contributed by atoms with Crippen molar-refractivity contribution in [1.82, 2.24) is 0 Å². The van der Waals surface area contributed by atoms with E-state index in [0.717, 1.165) is 64.2 Å². The van der Waals surface area contributed by atoms with E-state index in [1.165, 1.54) is 263 Å². The van der Waals surface area contributed by atoms with Gasteiger partial charge in [-0.1, -0.05) is 329 Å². The summed E-state index contributed by atoms with van der Waals surface area (Å²) < 4.78 is 16.7. The van der Waals surface area contributed by atoms with E-state index in [4.69, 9.17) is 14.2 Å². The second-order valence-electron chi connectivity index (χ2n) is 21.7. The van der Waals surface area contributed by atoms with Gasteiger partial charge in [0.25, 0.3) is 0 Å². The van der Waals surface area contributed by atoms with Crippen molar-refractivity contribution in [2.24, 2.45) is 0 Å². The Morgan fingerprint density at radius 3 is 0.580 bits per heavy atom. The number of hydrogen-bond donors (Lipinski definition) is 0. The topological polar surface area (TPSA) is 78.9 Å². The Hall–Kier alpha value is -1.59. The molecule has 0 aliphatic heterocycles. The van der Waals surface area contributed by atoms with Gasteiger partial charge in [0.1, 0.15) is 13.2 Å². The lowest BCUT2D eigenvalue weighted by molar-refractivity contribution is -0.167. The molecule has 410 valence electrons. The fourth-order valence-electron chi connectivity index (χ4n) is 9.86. The molecule has 0 aromatic carbocycles. The van der Waals surface area contributed by atoms with Gasteiger partial charge in [0.15, 0.2) is 6.10 Å². The molecule has 6 heteroatoms. The van der Waals surface area contributed by atoms with Gasteiger partial charge < -0.3 is 14.2 Å². The van der Waals surface area contributed by atoms with E-state index in [2.05, 4.69) is 20.8 Å². The number of carbonyl (C=O) groups excluding carboxylic acids is 3. The molecule has 0 heterocycles. The van der Waals surface area contributed by atoms with Crippen LogP contribution in [0, 0.1) is 0 Å². The highest BCUT2D eigenvalue weighted by molar-refractivity contribution is 5.71. The zero-order valence-electron chi connectivity index (χ0n) is 47.1. The first-order valence-electron chi connectivity index (χ1n) is 31.5. The second kappa shape index (κ2) is 59.0. The van der Waals surface area contributed by atoms with Gasteiger partial charge in [-0.2, -0.15) is 0 Å². The minimum Gasteiger partial charge on any atom is -0.462 e. The molecule has 0 saturated carbocycles. The molecule has 0 rings (SSSR count). The second-order valence-corrected chi connectivity index (χ2v) is 21.7. The van der Waals surface area contributed by atoms with Gasteiger partial charge in [-0.3, -0.25) is 14.4 Å². The zero-order chi connectivity index (χ0) is 50.0.